The molecule has 0 heterocycles. The molecule has 0 bridgehead atoms. The Morgan fingerprint density at radius 1 is 0.774 bits per heavy atom. The minimum atomic E-state index is -4.53. The van der Waals surface area contributed by atoms with Crippen molar-refractivity contribution in [2.75, 3.05) is 10.6 Å². The van der Waals surface area contributed by atoms with Gasteiger partial charge in [-0.05, 0) is 54.6 Å². The standard InChI is InChI=1S/C19H12Cl4N2O4S2/c20-10-1-4-14(13(23)7-10)24-19(26)25-15-8-11(21)2-5-16(15)30-17-6-3-12(22)9-18(17)31(27,28)29/h1-9H,(H2,24,25,26)(H,27,28,29). The van der Waals surface area contributed by atoms with Crippen LogP contribution in [-0.2, 0) is 10.1 Å². The number of benzene rings is 3. The van der Waals surface area contributed by atoms with Gasteiger partial charge >= 0.3 is 6.03 Å². The van der Waals surface area contributed by atoms with Crippen LogP contribution in [0.15, 0.2) is 69.3 Å². The van der Waals surface area contributed by atoms with Crippen molar-refractivity contribution in [1.29, 1.82) is 0 Å². The molecular formula is C19H12Cl4N2O4S2. The Bertz CT molecular complexity index is 1270. The van der Waals surface area contributed by atoms with Crippen LogP contribution in [0.4, 0.5) is 16.2 Å². The van der Waals surface area contributed by atoms with Gasteiger partial charge in [0.15, 0.2) is 0 Å². The minimum absolute atomic E-state index is 0.144. The molecule has 162 valence electrons. The third kappa shape index (κ3) is 6.43. The second-order valence-electron chi connectivity index (χ2n) is 6.01. The molecule has 0 fully saturated rings. The number of carbonyl (C=O) groups is 1. The Kier molecular flexibility index (Phi) is 7.64. The van der Waals surface area contributed by atoms with Crippen LogP contribution in [0.3, 0.4) is 0 Å². The van der Waals surface area contributed by atoms with E-state index in [-0.39, 0.29) is 19.8 Å². The lowest BCUT2D eigenvalue weighted by atomic mass is 10.3. The van der Waals surface area contributed by atoms with Crippen LogP contribution in [0.5, 0.6) is 0 Å². The fourth-order valence-electron chi connectivity index (χ4n) is 2.44. The van der Waals surface area contributed by atoms with Crippen molar-refractivity contribution < 1.29 is 17.8 Å². The molecule has 0 saturated carbocycles. The number of carbonyl (C=O) groups excluding carboxylic acids is 1. The Labute approximate surface area is 202 Å². The van der Waals surface area contributed by atoms with Crippen molar-refractivity contribution >= 4 is 85.7 Å². The highest BCUT2D eigenvalue weighted by molar-refractivity contribution is 8.00. The van der Waals surface area contributed by atoms with Crippen molar-refractivity contribution in [3.8, 4) is 0 Å². The van der Waals surface area contributed by atoms with Crippen LogP contribution in [0.2, 0.25) is 20.1 Å². The maximum atomic E-state index is 12.5. The van der Waals surface area contributed by atoms with E-state index in [9.17, 15) is 17.8 Å². The third-order valence-corrected chi connectivity index (χ3v) is 6.97. The van der Waals surface area contributed by atoms with E-state index in [1.165, 1.54) is 24.3 Å². The van der Waals surface area contributed by atoms with E-state index in [1.54, 1.807) is 24.3 Å². The SMILES string of the molecule is O=C(Nc1ccc(Cl)cc1Cl)Nc1cc(Cl)ccc1Sc1ccc(Cl)cc1S(=O)(=O)O. The minimum Gasteiger partial charge on any atom is -0.307 e. The average Bonchev–Trinajstić information content (AvgIpc) is 2.66. The molecule has 0 atom stereocenters. The first kappa shape index (κ1) is 24.0. The summed E-state index contributed by atoms with van der Waals surface area (Å²) in [6, 6.07) is 12.7. The molecule has 31 heavy (non-hydrogen) atoms. The fraction of sp³-hybridized carbons (Fsp3) is 0. The lowest BCUT2D eigenvalue weighted by molar-refractivity contribution is 0.262. The van der Waals surface area contributed by atoms with Crippen molar-refractivity contribution in [3.05, 3.63) is 74.7 Å². The molecule has 3 aromatic carbocycles. The molecule has 12 heteroatoms. The molecule has 0 aliphatic rings. The van der Waals surface area contributed by atoms with E-state index in [0.29, 0.717) is 26.3 Å². The van der Waals surface area contributed by atoms with Crippen LogP contribution in [0.1, 0.15) is 0 Å². The average molecular weight is 538 g/mol. The maximum absolute atomic E-state index is 12.5. The lowest BCUT2D eigenvalue weighted by Gasteiger charge is -2.14. The second-order valence-corrected chi connectivity index (χ2v) is 10.2. The normalized spacial score (nSPS) is 11.3. The van der Waals surface area contributed by atoms with Crippen molar-refractivity contribution in [2.45, 2.75) is 14.7 Å². The summed E-state index contributed by atoms with van der Waals surface area (Å²) in [7, 11) is -4.53. The molecule has 0 aromatic heterocycles. The molecule has 0 saturated heterocycles. The van der Waals surface area contributed by atoms with E-state index in [4.69, 9.17) is 46.4 Å². The topological polar surface area (TPSA) is 95.5 Å². The van der Waals surface area contributed by atoms with Gasteiger partial charge < -0.3 is 10.6 Å². The summed E-state index contributed by atoms with van der Waals surface area (Å²) in [5, 5.41) is 6.40. The highest BCUT2D eigenvalue weighted by Gasteiger charge is 2.19. The van der Waals surface area contributed by atoms with Crippen LogP contribution >= 0.6 is 58.2 Å². The zero-order valence-corrected chi connectivity index (χ0v) is 19.9. The first-order chi connectivity index (χ1) is 14.5. The van der Waals surface area contributed by atoms with Crippen molar-refractivity contribution in [1.82, 2.24) is 0 Å². The molecule has 3 aromatic rings. The first-order valence-electron chi connectivity index (χ1n) is 8.30. The van der Waals surface area contributed by atoms with Gasteiger partial charge in [0.2, 0.25) is 0 Å². The van der Waals surface area contributed by atoms with E-state index in [0.717, 1.165) is 17.8 Å². The lowest BCUT2D eigenvalue weighted by Crippen LogP contribution is -2.20. The summed E-state index contributed by atoms with van der Waals surface area (Å²) in [5.41, 5.74) is 0.641. The molecular weight excluding hydrogens is 526 g/mol. The van der Waals surface area contributed by atoms with Gasteiger partial charge in [0.25, 0.3) is 10.1 Å². The number of rotatable bonds is 5. The summed E-state index contributed by atoms with van der Waals surface area (Å²) < 4.78 is 33.0. The van der Waals surface area contributed by atoms with Crippen molar-refractivity contribution in [3.63, 3.8) is 0 Å². The summed E-state index contributed by atoms with van der Waals surface area (Å²) in [6.45, 7) is 0. The number of hydrogen-bond donors (Lipinski definition) is 3. The summed E-state index contributed by atoms with van der Waals surface area (Å²) >= 11 is 24.8. The Hall–Kier alpha value is -1.65. The largest absolute Gasteiger partial charge is 0.323 e. The molecule has 0 aliphatic carbocycles. The van der Waals surface area contributed by atoms with Gasteiger partial charge in [0.05, 0.1) is 16.4 Å². The zero-order chi connectivity index (χ0) is 22.8. The molecule has 0 spiro atoms. The predicted octanol–water partition coefficient (Wildman–Crippen LogP) is 7.34. The van der Waals surface area contributed by atoms with Gasteiger partial charge in [-0.3, -0.25) is 4.55 Å². The summed E-state index contributed by atoms with van der Waals surface area (Å²) in [4.78, 5) is 12.8. The monoisotopic (exact) mass is 536 g/mol. The van der Waals surface area contributed by atoms with Gasteiger partial charge in [-0.1, -0.05) is 58.2 Å². The van der Waals surface area contributed by atoms with Gasteiger partial charge in [-0.2, -0.15) is 8.42 Å². The highest BCUT2D eigenvalue weighted by Crippen LogP contribution is 2.39. The molecule has 3 N–H and O–H groups in total. The molecule has 3 rings (SSSR count). The number of hydrogen-bond acceptors (Lipinski definition) is 4. The Balaban J connectivity index is 1.89. The van der Waals surface area contributed by atoms with Gasteiger partial charge in [0.1, 0.15) is 4.90 Å². The smallest absolute Gasteiger partial charge is 0.307 e. The second kappa shape index (κ2) is 9.87. The molecule has 0 radical (unpaired) electrons. The summed E-state index contributed by atoms with van der Waals surface area (Å²) in [6.07, 6.45) is 0. The van der Waals surface area contributed by atoms with Crippen LogP contribution in [0.25, 0.3) is 0 Å². The Morgan fingerprint density at radius 3 is 1.97 bits per heavy atom. The maximum Gasteiger partial charge on any atom is 0.323 e. The van der Waals surface area contributed by atoms with E-state index < -0.39 is 16.1 Å². The predicted molar refractivity (Wildman–Crippen MR) is 126 cm³/mol. The fourth-order valence-corrected chi connectivity index (χ4v) is 5.23. The number of nitrogens with one attached hydrogen (secondary N) is 2. The third-order valence-electron chi connectivity index (χ3n) is 3.77. The quantitative estimate of drug-likeness (QED) is 0.296. The highest BCUT2D eigenvalue weighted by atomic mass is 35.5. The molecule has 0 aliphatic heterocycles. The van der Waals surface area contributed by atoms with Gasteiger partial charge in [-0.15, -0.1) is 0 Å². The van der Waals surface area contributed by atoms with E-state index in [2.05, 4.69) is 10.6 Å². The van der Waals surface area contributed by atoms with E-state index in [1.807, 2.05) is 0 Å². The number of amides is 2. The van der Waals surface area contributed by atoms with Crippen molar-refractivity contribution in [2.24, 2.45) is 0 Å². The summed E-state index contributed by atoms with van der Waals surface area (Å²) in [5.74, 6) is 0. The number of halogens is 4. The molecule has 6 nitrogen and oxygen atoms in total. The van der Waals surface area contributed by atoms with Gasteiger partial charge in [-0.25, -0.2) is 4.79 Å². The van der Waals surface area contributed by atoms with E-state index >= 15 is 0 Å². The first-order valence-corrected chi connectivity index (χ1v) is 12.1. The zero-order valence-electron chi connectivity index (χ0n) is 15.2. The van der Waals surface area contributed by atoms with Crippen LogP contribution < -0.4 is 10.6 Å². The Morgan fingerprint density at radius 2 is 1.32 bits per heavy atom. The van der Waals surface area contributed by atoms with Crippen LogP contribution in [0, 0.1) is 0 Å². The number of urea groups is 1. The number of anilines is 2. The molecule has 2 amide bonds. The van der Waals surface area contributed by atoms with Gasteiger partial charge in [0, 0.05) is 24.9 Å². The van der Waals surface area contributed by atoms with Crippen LogP contribution in [-0.4, -0.2) is 19.0 Å². The molecule has 0 unspecified atom stereocenters.